The van der Waals surface area contributed by atoms with E-state index in [-0.39, 0.29) is 28.6 Å². The summed E-state index contributed by atoms with van der Waals surface area (Å²) in [6.45, 7) is 5.93. The summed E-state index contributed by atoms with van der Waals surface area (Å²) in [5.41, 5.74) is 7.33. The van der Waals surface area contributed by atoms with E-state index in [0.29, 0.717) is 23.6 Å². The van der Waals surface area contributed by atoms with E-state index in [0.717, 1.165) is 57.3 Å². The molecular weight excluding hydrogens is 514 g/mol. The third-order valence-electron chi connectivity index (χ3n) is 9.19. The monoisotopic (exact) mass is 557 g/mol. The number of alkyl halides is 1. The van der Waals surface area contributed by atoms with Crippen LogP contribution < -0.4 is 21.3 Å². The van der Waals surface area contributed by atoms with Crippen LogP contribution in [0.2, 0.25) is 0 Å². The Morgan fingerprint density at radius 3 is 2.44 bits per heavy atom. The van der Waals surface area contributed by atoms with Crippen LogP contribution in [0.15, 0.2) is 18.5 Å². The Bertz CT molecular complexity index is 1140. The van der Waals surface area contributed by atoms with Gasteiger partial charge in [-0.15, -0.1) is 11.6 Å². The van der Waals surface area contributed by atoms with Crippen molar-refractivity contribution in [3.63, 3.8) is 0 Å². The molecule has 10 heteroatoms. The molecule has 1 amide bonds. The molecule has 2 aromatic heterocycles. The Hall–Kier alpha value is -2.52. The molecule has 1 saturated carbocycles. The second-order valence-electron chi connectivity index (χ2n) is 12.2. The number of nitrogen functional groups attached to an aromatic ring is 1. The molecule has 3 aliphatic rings. The minimum Gasteiger partial charge on any atom is -0.390 e. The van der Waals surface area contributed by atoms with E-state index in [1.807, 2.05) is 24.6 Å². The van der Waals surface area contributed by atoms with Crippen LogP contribution in [0.3, 0.4) is 0 Å². The van der Waals surface area contributed by atoms with Gasteiger partial charge in [-0.25, -0.2) is 4.68 Å². The maximum absolute atomic E-state index is 13.8. The number of hydrogen-bond acceptors (Lipinski definition) is 7. The van der Waals surface area contributed by atoms with Gasteiger partial charge in [0.25, 0.3) is 5.91 Å². The summed E-state index contributed by atoms with van der Waals surface area (Å²) in [5, 5.41) is 21.5. The first-order valence-electron chi connectivity index (χ1n) is 14.7. The van der Waals surface area contributed by atoms with Crippen LogP contribution >= 0.6 is 11.6 Å². The number of amides is 1. The summed E-state index contributed by atoms with van der Waals surface area (Å²) in [6.07, 6.45) is 15.4. The van der Waals surface area contributed by atoms with Crippen LogP contribution in [0.5, 0.6) is 0 Å². The van der Waals surface area contributed by atoms with Gasteiger partial charge in [-0.1, -0.05) is 44.9 Å². The molecule has 0 aromatic carbocycles. The highest BCUT2D eigenvalue weighted by Crippen LogP contribution is 2.44. The Balaban J connectivity index is 1.39. The zero-order chi connectivity index (χ0) is 27.6. The predicted octanol–water partition coefficient (Wildman–Crippen LogP) is 5.35. The number of piperidine rings is 1. The number of halogens is 1. The second kappa shape index (κ2) is 11.5. The zero-order valence-electron chi connectivity index (χ0n) is 23.4. The molecule has 5 rings (SSSR count). The number of pyridine rings is 1. The molecule has 0 radical (unpaired) electrons. The molecule has 1 atom stereocenters. The smallest absolute Gasteiger partial charge is 0.263 e. The van der Waals surface area contributed by atoms with E-state index >= 15 is 0 Å². The van der Waals surface area contributed by atoms with Crippen LogP contribution in [-0.2, 0) is 5.54 Å². The number of carbonyl (C=O) groups excluding carboxylic acids is 1. The first-order valence-corrected chi connectivity index (χ1v) is 15.1. The SMILES string of the molecule is CC(C)(O)C1CCN(c2ccncc2NC(=O)c2c(N)nn3c2NCC(Cl)C32CCCCCCCCC2)CC1. The van der Waals surface area contributed by atoms with Crippen LogP contribution in [0, 0.1) is 5.92 Å². The van der Waals surface area contributed by atoms with E-state index in [1.54, 1.807) is 12.4 Å². The van der Waals surface area contributed by atoms with Gasteiger partial charge in [0.05, 0.1) is 34.1 Å². The van der Waals surface area contributed by atoms with Gasteiger partial charge in [-0.3, -0.25) is 9.78 Å². The molecule has 1 saturated heterocycles. The van der Waals surface area contributed by atoms with E-state index in [4.69, 9.17) is 22.4 Å². The molecule has 4 heterocycles. The molecule has 0 bridgehead atoms. The van der Waals surface area contributed by atoms with Gasteiger partial charge in [0.1, 0.15) is 11.4 Å². The van der Waals surface area contributed by atoms with Crippen molar-refractivity contribution in [3.8, 4) is 0 Å². The van der Waals surface area contributed by atoms with Crippen LogP contribution in [0.25, 0.3) is 0 Å². The molecule has 2 fully saturated rings. The largest absolute Gasteiger partial charge is 0.390 e. The van der Waals surface area contributed by atoms with E-state index in [1.165, 1.54) is 32.1 Å². The Morgan fingerprint density at radius 2 is 1.79 bits per heavy atom. The third-order valence-corrected chi connectivity index (χ3v) is 9.75. The van der Waals surface area contributed by atoms with Gasteiger partial charge in [0.15, 0.2) is 5.82 Å². The van der Waals surface area contributed by atoms with Crippen molar-refractivity contribution in [2.24, 2.45) is 5.92 Å². The Morgan fingerprint density at radius 1 is 1.15 bits per heavy atom. The second-order valence-corrected chi connectivity index (χ2v) is 12.7. The summed E-state index contributed by atoms with van der Waals surface area (Å²) in [4.78, 5) is 20.3. The Kier molecular flexibility index (Phi) is 8.29. The van der Waals surface area contributed by atoms with Gasteiger partial charge in [0, 0.05) is 25.8 Å². The third kappa shape index (κ3) is 5.71. The normalized spacial score (nSPS) is 22.7. The summed E-state index contributed by atoms with van der Waals surface area (Å²) >= 11 is 7.02. The molecule has 1 unspecified atom stereocenters. The van der Waals surface area contributed by atoms with E-state index in [9.17, 15) is 9.90 Å². The molecule has 2 aliphatic heterocycles. The number of aliphatic hydroxyl groups is 1. The highest BCUT2D eigenvalue weighted by Gasteiger charge is 2.46. The first-order chi connectivity index (χ1) is 18.7. The minimum atomic E-state index is -0.693. The quantitative estimate of drug-likeness (QED) is 0.374. The van der Waals surface area contributed by atoms with Crippen molar-refractivity contribution in [3.05, 3.63) is 24.0 Å². The van der Waals surface area contributed by atoms with Crippen LogP contribution in [-0.4, -0.2) is 56.4 Å². The maximum Gasteiger partial charge on any atom is 0.263 e. The van der Waals surface area contributed by atoms with Gasteiger partial charge in [0.2, 0.25) is 0 Å². The average molecular weight is 558 g/mol. The van der Waals surface area contributed by atoms with Crippen LogP contribution in [0.4, 0.5) is 23.0 Å². The number of hydrogen-bond donors (Lipinski definition) is 4. The number of aromatic nitrogens is 3. The number of nitrogens with two attached hydrogens (primary N) is 1. The number of rotatable bonds is 4. The van der Waals surface area contributed by atoms with Crippen molar-refractivity contribution in [1.29, 1.82) is 0 Å². The topological polar surface area (TPSA) is 121 Å². The van der Waals surface area contributed by atoms with E-state index in [2.05, 4.69) is 20.5 Å². The fourth-order valence-electron chi connectivity index (χ4n) is 6.82. The lowest BCUT2D eigenvalue weighted by Gasteiger charge is -2.43. The van der Waals surface area contributed by atoms with Crippen molar-refractivity contribution in [2.75, 3.05) is 40.9 Å². The minimum absolute atomic E-state index is 0.128. The lowest BCUT2D eigenvalue weighted by atomic mass is 9.81. The lowest BCUT2D eigenvalue weighted by molar-refractivity contribution is 0.00652. The van der Waals surface area contributed by atoms with Gasteiger partial charge >= 0.3 is 0 Å². The first kappa shape index (κ1) is 28.0. The fourth-order valence-corrected chi connectivity index (χ4v) is 7.21. The molecule has 9 nitrogen and oxygen atoms in total. The lowest BCUT2D eigenvalue weighted by Crippen LogP contribution is -2.50. The summed E-state index contributed by atoms with van der Waals surface area (Å²) in [7, 11) is 0. The standard InChI is InChI=1S/C29H44ClN7O2/c1-28(2,39)20-11-16-36(17-12-20)22-10-15-32-18-21(22)34-27(38)24-25(31)35-37-26(24)33-19-23(30)29(37)13-8-6-4-3-5-7-9-14-29/h10,15,18,20,23,33,39H,3-9,11-14,16-17,19H2,1-2H3,(H2,31,35)(H,34,38). The van der Waals surface area contributed by atoms with Gasteiger partial charge < -0.3 is 26.4 Å². The van der Waals surface area contributed by atoms with Gasteiger partial charge in [-0.05, 0) is 51.5 Å². The number of anilines is 4. The summed E-state index contributed by atoms with van der Waals surface area (Å²) < 4.78 is 1.95. The maximum atomic E-state index is 13.8. The van der Waals surface area contributed by atoms with Crippen molar-refractivity contribution >= 4 is 40.5 Å². The summed E-state index contributed by atoms with van der Waals surface area (Å²) in [5.74, 6) is 0.826. The number of carbonyl (C=O) groups is 1. The summed E-state index contributed by atoms with van der Waals surface area (Å²) in [6, 6.07) is 1.93. The number of nitrogens with zero attached hydrogens (tertiary/aromatic N) is 4. The van der Waals surface area contributed by atoms with Gasteiger partial charge in [-0.2, -0.15) is 5.10 Å². The average Bonchev–Trinajstić information content (AvgIpc) is 3.26. The molecule has 39 heavy (non-hydrogen) atoms. The Labute approximate surface area is 236 Å². The van der Waals surface area contributed by atoms with Crippen molar-refractivity contribution in [2.45, 2.75) is 101 Å². The number of fused-ring (bicyclic) bond motifs is 2. The van der Waals surface area contributed by atoms with Crippen molar-refractivity contribution < 1.29 is 9.90 Å². The molecule has 1 aliphatic carbocycles. The van der Waals surface area contributed by atoms with E-state index < -0.39 is 5.60 Å². The fraction of sp³-hybridized carbons (Fsp3) is 0.690. The van der Waals surface area contributed by atoms with Crippen molar-refractivity contribution in [1.82, 2.24) is 14.8 Å². The molecule has 214 valence electrons. The van der Waals surface area contributed by atoms with Crippen LogP contribution in [0.1, 0.15) is 94.8 Å². The molecule has 2 aromatic rings. The molecular formula is C29H44ClN7O2. The number of nitrogens with one attached hydrogen (secondary N) is 2. The molecule has 1 spiro atoms. The molecule has 5 N–H and O–H groups in total. The highest BCUT2D eigenvalue weighted by molar-refractivity contribution is 6.22. The zero-order valence-corrected chi connectivity index (χ0v) is 24.1. The predicted molar refractivity (Wildman–Crippen MR) is 158 cm³/mol. The highest BCUT2D eigenvalue weighted by atomic mass is 35.5.